The van der Waals surface area contributed by atoms with Crippen LogP contribution in [0.25, 0.3) is 10.9 Å². The smallest absolute Gasteiger partial charge is 0.255 e. The summed E-state index contributed by atoms with van der Waals surface area (Å²) in [6, 6.07) is 10.8. The lowest BCUT2D eigenvalue weighted by atomic mass is 9.87. The molecule has 0 amide bonds. The van der Waals surface area contributed by atoms with Crippen LogP contribution in [0.1, 0.15) is 66.5 Å². The van der Waals surface area contributed by atoms with Gasteiger partial charge in [0.25, 0.3) is 5.56 Å². The van der Waals surface area contributed by atoms with Gasteiger partial charge in [0.2, 0.25) is 0 Å². The summed E-state index contributed by atoms with van der Waals surface area (Å²) in [4.78, 5) is 28.8. The molecule has 1 aliphatic heterocycles. The highest BCUT2D eigenvalue weighted by Gasteiger charge is 2.29. The van der Waals surface area contributed by atoms with Crippen LogP contribution in [0.3, 0.4) is 0 Å². The first-order chi connectivity index (χ1) is 15.8. The van der Waals surface area contributed by atoms with Crippen molar-refractivity contribution >= 4 is 16.7 Å². The number of fused-ring (bicyclic) bond motifs is 1. The zero-order valence-electron chi connectivity index (χ0n) is 20.3. The molecule has 2 N–H and O–H groups in total. The number of rotatable bonds is 7. The van der Waals surface area contributed by atoms with Gasteiger partial charge in [0.05, 0.1) is 12.7 Å². The van der Waals surface area contributed by atoms with Crippen LogP contribution in [0.5, 0.6) is 5.75 Å². The number of methoxy groups -OCH3 is 1. The van der Waals surface area contributed by atoms with Gasteiger partial charge in [-0.2, -0.15) is 0 Å². The number of hydrogen-bond acceptors (Lipinski definition) is 4. The van der Waals surface area contributed by atoms with Crippen LogP contribution in [0.2, 0.25) is 0 Å². The van der Waals surface area contributed by atoms with Crippen molar-refractivity contribution in [3.63, 3.8) is 0 Å². The summed E-state index contributed by atoms with van der Waals surface area (Å²) in [6.07, 6.45) is 2.87. The van der Waals surface area contributed by atoms with Crippen LogP contribution in [0, 0.1) is 19.8 Å². The molecule has 0 radical (unpaired) electrons. The number of aryl methyl sites for hydroxylation is 1. The quantitative estimate of drug-likeness (QED) is 0.512. The molecule has 4 rings (SSSR count). The van der Waals surface area contributed by atoms with Gasteiger partial charge in [-0.3, -0.25) is 9.59 Å². The van der Waals surface area contributed by atoms with Gasteiger partial charge in [-0.05, 0) is 71.6 Å². The summed E-state index contributed by atoms with van der Waals surface area (Å²) < 4.78 is 7.78. The molecule has 1 aromatic carbocycles. The molecule has 6 heteroatoms. The van der Waals surface area contributed by atoms with E-state index < -0.39 is 0 Å². The van der Waals surface area contributed by atoms with E-state index in [0.29, 0.717) is 35.7 Å². The number of benzene rings is 1. The molecule has 3 aromatic rings. The lowest BCUT2D eigenvalue weighted by molar-refractivity contribution is 0.0983. The SMILES string of the molecule is COc1cc(C)[nH]c(=O)c1CCC(=O)c1c(C)n(C(C)C2CCNC(C)C2)c2ccccc12. The summed E-state index contributed by atoms with van der Waals surface area (Å²) in [5, 5.41) is 4.54. The summed E-state index contributed by atoms with van der Waals surface area (Å²) >= 11 is 0. The number of H-pyrrole nitrogens is 1. The molecule has 1 saturated heterocycles. The third-order valence-corrected chi connectivity index (χ3v) is 7.24. The third kappa shape index (κ3) is 4.49. The van der Waals surface area contributed by atoms with Gasteiger partial charge < -0.3 is 19.6 Å². The fourth-order valence-corrected chi connectivity index (χ4v) is 5.56. The van der Waals surface area contributed by atoms with Gasteiger partial charge in [0.1, 0.15) is 5.75 Å². The van der Waals surface area contributed by atoms with E-state index in [-0.39, 0.29) is 17.8 Å². The van der Waals surface area contributed by atoms with E-state index in [1.54, 1.807) is 13.2 Å². The molecule has 3 atom stereocenters. The minimum Gasteiger partial charge on any atom is -0.496 e. The topological polar surface area (TPSA) is 76.1 Å². The summed E-state index contributed by atoms with van der Waals surface area (Å²) in [5.41, 5.74) is 3.99. The molecular formula is C27H35N3O3. The Hall–Kier alpha value is -2.86. The summed E-state index contributed by atoms with van der Waals surface area (Å²) in [5.74, 6) is 1.17. The number of aromatic nitrogens is 2. The van der Waals surface area contributed by atoms with E-state index in [1.807, 2.05) is 25.1 Å². The standard InChI is InChI=1S/C27H35N3O3/c1-16-14-20(12-13-28-16)18(3)30-19(4)26(21-8-6-7-9-23(21)30)24(31)11-10-22-25(33-5)15-17(2)29-27(22)32/h6-9,15-16,18,20,28H,10-14H2,1-5H3,(H,29,32). The van der Waals surface area contributed by atoms with Gasteiger partial charge >= 0.3 is 0 Å². The second-order valence-electron chi connectivity index (χ2n) is 9.48. The van der Waals surface area contributed by atoms with E-state index >= 15 is 0 Å². The van der Waals surface area contributed by atoms with Gasteiger partial charge in [-0.15, -0.1) is 0 Å². The molecule has 176 valence electrons. The Kier molecular flexibility index (Phi) is 6.75. The third-order valence-electron chi connectivity index (χ3n) is 7.24. The molecule has 3 heterocycles. The van der Waals surface area contributed by atoms with Crippen LogP contribution in [0.4, 0.5) is 0 Å². The van der Waals surface area contributed by atoms with Crippen molar-refractivity contribution in [2.75, 3.05) is 13.7 Å². The average molecular weight is 450 g/mol. The number of nitrogens with zero attached hydrogens (tertiary/aromatic N) is 1. The van der Waals surface area contributed by atoms with Crippen LogP contribution >= 0.6 is 0 Å². The van der Waals surface area contributed by atoms with Crippen molar-refractivity contribution < 1.29 is 9.53 Å². The molecule has 0 bridgehead atoms. The number of carbonyl (C=O) groups excluding carboxylic acids is 1. The molecule has 2 aromatic heterocycles. The maximum atomic E-state index is 13.5. The van der Waals surface area contributed by atoms with E-state index in [2.05, 4.69) is 41.7 Å². The van der Waals surface area contributed by atoms with E-state index in [9.17, 15) is 9.59 Å². The number of Topliss-reactive ketones (excluding diaryl/α,β-unsaturated/α-hetero) is 1. The Morgan fingerprint density at radius 2 is 2.03 bits per heavy atom. The highest BCUT2D eigenvalue weighted by molar-refractivity contribution is 6.09. The first kappa shape index (κ1) is 23.3. The zero-order valence-corrected chi connectivity index (χ0v) is 20.3. The molecule has 33 heavy (non-hydrogen) atoms. The van der Waals surface area contributed by atoms with E-state index in [1.165, 1.54) is 0 Å². The van der Waals surface area contributed by atoms with E-state index in [0.717, 1.165) is 47.2 Å². The number of ether oxygens (including phenoxy) is 1. The predicted octanol–water partition coefficient (Wildman–Crippen LogP) is 4.72. The number of carbonyl (C=O) groups is 1. The number of hydrogen-bond donors (Lipinski definition) is 2. The average Bonchev–Trinajstić information content (AvgIpc) is 3.09. The molecule has 0 spiro atoms. The van der Waals surface area contributed by atoms with Crippen molar-refractivity contribution in [1.82, 2.24) is 14.9 Å². The summed E-state index contributed by atoms with van der Waals surface area (Å²) in [7, 11) is 1.56. The molecule has 1 fully saturated rings. The normalized spacial score (nSPS) is 19.5. The number of pyridine rings is 1. The molecular weight excluding hydrogens is 414 g/mol. The first-order valence-corrected chi connectivity index (χ1v) is 11.9. The Bertz CT molecular complexity index is 1220. The predicted molar refractivity (Wildman–Crippen MR) is 133 cm³/mol. The van der Waals surface area contributed by atoms with Crippen molar-refractivity contribution in [2.24, 2.45) is 5.92 Å². The second kappa shape index (κ2) is 9.56. The van der Waals surface area contributed by atoms with Crippen molar-refractivity contribution in [1.29, 1.82) is 0 Å². The van der Waals surface area contributed by atoms with Crippen LogP contribution < -0.4 is 15.6 Å². The highest BCUT2D eigenvalue weighted by Crippen LogP contribution is 2.36. The second-order valence-corrected chi connectivity index (χ2v) is 9.48. The van der Waals surface area contributed by atoms with Gasteiger partial charge in [0.15, 0.2) is 5.78 Å². The Balaban J connectivity index is 1.67. The van der Waals surface area contributed by atoms with Crippen LogP contribution in [0.15, 0.2) is 35.1 Å². The number of piperidine rings is 1. The minimum absolute atomic E-state index is 0.0651. The van der Waals surface area contributed by atoms with Crippen molar-refractivity contribution in [3.05, 3.63) is 63.2 Å². The Morgan fingerprint density at radius 1 is 1.27 bits per heavy atom. The van der Waals surface area contributed by atoms with Crippen LogP contribution in [-0.2, 0) is 6.42 Å². The molecule has 3 unspecified atom stereocenters. The largest absolute Gasteiger partial charge is 0.496 e. The fourth-order valence-electron chi connectivity index (χ4n) is 5.56. The van der Waals surface area contributed by atoms with E-state index in [4.69, 9.17) is 4.74 Å². The summed E-state index contributed by atoms with van der Waals surface area (Å²) in [6.45, 7) is 9.45. The molecule has 1 aliphatic rings. The zero-order chi connectivity index (χ0) is 23.7. The van der Waals surface area contributed by atoms with Gasteiger partial charge in [-0.1, -0.05) is 18.2 Å². The monoisotopic (exact) mass is 449 g/mol. The Labute approximate surface area is 195 Å². The lowest BCUT2D eigenvalue weighted by Gasteiger charge is -2.34. The molecule has 6 nitrogen and oxygen atoms in total. The van der Waals surface area contributed by atoms with Crippen molar-refractivity contribution in [2.45, 2.75) is 65.5 Å². The number of nitrogens with one attached hydrogen (secondary N) is 2. The maximum Gasteiger partial charge on any atom is 0.255 e. The molecule has 0 aliphatic carbocycles. The van der Waals surface area contributed by atoms with Gasteiger partial charge in [-0.25, -0.2) is 0 Å². The minimum atomic E-state index is -0.188. The van der Waals surface area contributed by atoms with Crippen molar-refractivity contribution in [3.8, 4) is 5.75 Å². The number of aromatic amines is 1. The maximum absolute atomic E-state index is 13.5. The number of ketones is 1. The Morgan fingerprint density at radius 3 is 2.76 bits per heavy atom. The van der Waals surface area contributed by atoms with Gasteiger partial charge in [0, 0.05) is 46.4 Å². The highest BCUT2D eigenvalue weighted by atomic mass is 16.5. The lowest BCUT2D eigenvalue weighted by Crippen LogP contribution is -2.38. The fraction of sp³-hybridized carbons (Fsp3) is 0.481. The molecule has 0 saturated carbocycles. The number of para-hydroxylation sites is 1. The first-order valence-electron chi connectivity index (χ1n) is 11.9. The van der Waals surface area contributed by atoms with Crippen LogP contribution in [-0.4, -0.2) is 35.0 Å².